The largest absolute Gasteiger partial charge is 0.324 e. The minimum Gasteiger partial charge on any atom is -0.324 e. The number of nitrogens with one attached hydrogen (secondary N) is 3. The van der Waals surface area contributed by atoms with Crippen molar-refractivity contribution in [2.24, 2.45) is 0 Å². The summed E-state index contributed by atoms with van der Waals surface area (Å²) in [5, 5.41) is 17.3. The summed E-state index contributed by atoms with van der Waals surface area (Å²) in [5.74, 6) is -0.459. The van der Waals surface area contributed by atoms with Gasteiger partial charge in [-0.25, -0.2) is 9.67 Å². The number of para-hydroxylation sites is 1. The fourth-order valence-electron chi connectivity index (χ4n) is 2.78. The smallest absolute Gasteiger partial charge is 0.257 e. The average Bonchev–Trinajstić information content (AvgIpc) is 3.40. The number of benzene rings is 2. The monoisotopic (exact) mass is 375 g/mol. The van der Waals surface area contributed by atoms with Crippen molar-refractivity contribution in [1.82, 2.24) is 25.0 Å². The Morgan fingerprint density at radius 1 is 1.07 bits per heavy atom. The zero-order chi connectivity index (χ0) is 19.5. The highest BCUT2D eigenvalue weighted by Gasteiger charge is 2.16. The van der Waals surface area contributed by atoms with Gasteiger partial charge in [0.25, 0.3) is 5.91 Å². The number of nitrogens with zero attached hydrogens (tertiary/aromatic N) is 4. The van der Waals surface area contributed by atoms with Crippen molar-refractivity contribution in [3.63, 3.8) is 0 Å². The lowest BCUT2D eigenvalue weighted by Crippen LogP contribution is -2.24. The first kappa shape index (κ1) is 17.4. The van der Waals surface area contributed by atoms with Crippen molar-refractivity contribution in [1.29, 1.82) is 0 Å². The number of aromatic amines is 1. The van der Waals surface area contributed by atoms with Crippen LogP contribution in [0.5, 0.6) is 0 Å². The summed E-state index contributed by atoms with van der Waals surface area (Å²) in [6, 6.07) is 11.8. The fourth-order valence-corrected chi connectivity index (χ4v) is 2.78. The van der Waals surface area contributed by atoms with Gasteiger partial charge in [-0.2, -0.15) is 10.2 Å². The zero-order valence-electron chi connectivity index (χ0n) is 15.0. The van der Waals surface area contributed by atoms with Crippen LogP contribution in [0.15, 0.2) is 61.3 Å². The molecule has 4 rings (SSSR count). The number of anilines is 2. The highest BCUT2D eigenvalue weighted by atomic mass is 16.2. The van der Waals surface area contributed by atoms with Gasteiger partial charge < -0.3 is 10.6 Å². The highest BCUT2D eigenvalue weighted by molar-refractivity contribution is 6.11. The second kappa shape index (κ2) is 7.31. The van der Waals surface area contributed by atoms with E-state index in [0.717, 1.165) is 5.39 Å². The lowest BCUT2D eigenvalue weighted by atomic mass is 10.1. The lowest BCUT2D eigenvalue weighted by Gasteiger charge is -2.12. The number of hydrogen-bond donors (Lipinski definition) is 3. The quantitative estimate of drug-likeness (QED) is 0.496. The van der Waals surface area contributed by atoms with Crippen LogP contribution in [0, 0.1) is 0 Å². The maximum absolute atomic E-state index is 12.6. The average molecular weight is 375 g/mol. The van der Waals surface area contributed by atoms with Crippen LogP contribution in [-0.2, 0) is 4.79 Å². The van der Waals surface area contributed by atoms with Crippen LogP contribution in [0.25, 0.3) is 10.9 Å². The number of carbonyl (C=O) groups is 2. The van der Waals surface area contributed by atoms with E-state index in [1.54, 1.807) is 43.5 Å². The summed E-state index contributed by atoms with van der Waals surface area (Å²) >= 11 is 0. The standard InChI is InChI=1S/C19H17N7O2/c1-12(26-11-20-10-22-26)18(27)23-14-5-7-15(8-6-14)24-19(28)16-4-2-3-13-9-21-25-17(13)16/h2-12H,1H3,(H,21,25)(H,23,27)(H,24,28). The maximum atomic E-state index is 12.6. The van der Waals surface area contributed by atoms with E-state index >= 15 is 0 Å². The van der Waals surface area contributed by atoms with Crippen molar-refractivity contribution < 1.29 is 9.59 Å². The summed E-state index contributed by atoms with van der Waals surface area (Å²) in [6.45, 7) is 1.73. The Morgan fingerprint density at radius 3 is 2.54 bits per heavy atom. The molecule has 0 spiro atoms. The normalized spacial score (nSPS) is 11.9. The molecule has 0 aliphatic rings. The molecule has 0 bridgehead atoms. The van der Waals surface area contributed by atoms with Gasteiger partial charge in [-0.15, -0.1) is 0 Å². The molecule has 4 aromatic rings. The summed E-state index contributed by atoms with van der Waals surface area (Å²) in [7, 11) is 0. The van der Waals surface area contributed by atoms with E-state index in [1.807, 2.05) is 12.1 Å². The van der Waals surface area contributed by atoms with E-state index in [1.165, 1.54) is 17.3 Å². The second-order valence-electron chi connectivity index (χ2n) is 6.21. The van der Waals surface area contributed by atoms with Gasteiger partial charge in [-0.05, 0) is 37.3 Å². The number of aromatic nitrogens is 5. The molecule has 1 unspecified atom stereocenters. The number of rotatable bonds is 5. The number of fused-ring (bicyclic) bond motifs is 1. The molecule has 2 aromatic carbocycles. The molecular formula is C19H17N7O2. The number of hydrogen-bond acceptors (Lipinski definition) is 5. The molecule has 9 nitrogen and oxygen atoms in total. The van der Waals surface area contributed by atoms with Crippen LogP contribution in [0.3, 0.4) is 0 Å². The Hall–Kier alpha value is -4.01. The number of carbonyl (C=O) groups excluding carboxylic acids is 2. The maximum Gasteiger partial charge on any atom is 0.257 e. The van der Waals surface area contributed by atoms with Crippen molar-refractivity contribution in [3.05, 3.63) is 66.9 Å². The van der Waals surface area contributed by atoms with Crippen molar-refractivity contribution in [3.8, 4) is 0 Å². The van der Waals surface area contributed by atoms with Gasteiger partial charge in [0.2, 0.25) is 5.91 Å². The topological polar surface area (TPSA) is 118 Å². The molecule has 28 heavy (non-hydrogen) atoms. The van der Waals surface area contributed by atoms with Crippen molar-refractivity contribution in [2.75, 3.05) is 10.6 Å². The van der Waals surface area contributed by atoms with E-state index < -0.39 is 6.04 Å². The predicted molar refractivity (Wildman–Crippen MR) is 104 cm³/mol. The molecule has 0 fully saturated rings. The van der Waals surface area contributed by atoms with E-state index in [9.17, 15) is 9.59 Å². The molecule has 2 heterocycles. The Kier molecular flexibility index (Phi) is 4.55. The lowest BCUT2D eigenvalue weighted by molar-refractivity contribution is -0.119. The van der Waals surface area contributed by atoms with Crippen LogP contribution in [0.1, 0.15) is 23.3 Å². The molecule has 0 aliphatic heterocycles. The van der Waals surface area contributed by atoms with Gasteiger partial charge in [0.1, 0.15) is 18.7 Å². The SMILES string of the molecule is CC(C(=O)Nc1ccc(NC(=O)c2cccc3cn[nH]c23)cc1)n1cncn1. The Bertz CT molecular complexity index is 1120. The summed E-state index contributed by atoms with van der Waals surface area (Å²) in [4.78, 5) is 28.7. The molecule has 0 aliphatic carbocycles. The zero-order valence-corrected chi connectivity index (χ0v) is 15.0. The first-order valence-corrected chi connectivity index (χ1v) is 8.60. The van der Waals surface area contributed by atoms with E-state index in [0.29, 0.717) is 22.5 Å². The van der Waals surface area contributed by atoms with Gasteiger partial charge in [-0.3, -0.25) is 14.7 Å². The molecule has 2 aromatic heterocycles. The third-order valence-electron chi connectivity index (χ3n) is 4.34. The fraction of sp³-hybridized carbons (Fsp3) is 0.105. The molecule has 2 amide bonds. The molecule has 0 saturated heterocycles. The molecule has 3 N–H and O–H groups in total. The minimum atomic E-state index is -0.489. The molecular weight excluding hydrogens is 358 g/mol. The molecule has 1 atom stereocenters. The number of amides is 2. The Morgan fingerprint density at radius 2 is 1.82 bits per heavy atom. The minimum absolute atomic E-state index is 0.215. The van der Waals surface area contributed by atoms with E-state index in [4.69, 9.17) is 0 Å². The van der Waals surface area contributed by atoms with Crippen LogP contribution in [0.4, 0.5) is 11.4 Å². The van der Waals surface area contributed by atoms with Crippen molar-refractivity contribution >= 4 is 34.1 Å². The third kappa shape index (κ3) is 3.45. The van der Waals surface area contributed by atoms with E-state index in [-0.39, 0.29) is 11.8 Å². The van der Waals surface area contributed by atoms with Gasteiger partial charge in [-0.1, -0.05) is 12.1 Å². The first-order chi connectivity index (χ1) is 13.6. The first-order valence-electron chi connectivity index (χ1n) is 8.60. The molecule has 0 radical (unpaired) electrons. The number of H-pyrrole nitrogens is 1. The van der Waals surface area contributed by atoms with Crippen LogP contribution in [0.2, 0.25) is 0 Å². The van der Waals surface area contributed by atoms with Gasteiger partial charge >= 0.3 is 0 Å². The van der Waals surface area contributed by atoms with Crippen LogP contribution >= 0.6 is 0 Å². The van der Waals surface area contributed by atoms with Gasteiger partial charge in [0, 0.05) is 16.8 Å². The third-order valence-corrected chi connectivity index (χ3v) is 4.34. The van der Waals surface area contributed by atoms with Crippen molar-refractivity contribution in [2.45, 2.75) is 13.0 Å². The predicted octanol–water partition coefficient (Wildman–Crippen LogP) is 2.61. The molecule has 140 valence electrons. The summed E-state index contributed by atoms with van der Waals surface area (Å²) < 4.78 is 1.47. The summed E-state index contributed by atoms with van der Waals surface area (Å²) in [6.07, 6.45) is 4.54. The van der Waals surface area contributed by atoms with E-state index in [2.05, 4.69) is 30.9 Å². The second-order valence-corrected chi connectivity index (χ2v) is 6.21. The summed E-state index contributed by atoms with van der Waals surface area (Å²) in [5.41, 5.74) is 2.43. The van der Waals surface area contributed by atoms with Crippen LogP contribution in [-0.4, -0.2) is 36.8 Å². The van der Waals surface area contributed by atoms with Gasteiger partial charge in [0.15, 0.2) is 0 Å². The molecule has 9 heteroatoms. The van der Waals surface area contributed by atoms with Crippen LogP contribution < -0.4 is 10.6 Å². The highest BCUT2D eigenvalue weighted by Crippen LogP contribution is 2.19. The Balaban J connectivity index is 1.42. The molecule has 0 saturated carbocycles. The Labute approximate surface area is 159 Å². The van der Waals surface area contributed by atoms with Gasteiger partial charge in [0.05, 0.1) is 17.3 Å².